The van der Waals surface area contributed by atoms with Gasteiger partial charge in [-0.3, -0.25) is 15.1 Å². The molecule has 5 nitrogen and oxygen atoms in total. The normalized spacial score (nSPS) is 11.2. The van der Waals surface area contributed by atoms with Crippen molar-refractivity contribution in [1.82, 2.24) is 9.97 Å². The van der Waals surface area contributed by atoms with Gasteiger partial charge >= 0.3 is 0 Å². The van der Waals surface area contributed by atoms with Crippen molar-refractivity contribution in [2.45, 2.75) is 19.8 Å². The van der Waals surface area contributed by atoms with Crippen LogP contribution in [0.1, 0.15) is 35.1 Å². The van der Waals surface area contributed by atoms with Gasteiger partial charge in [0, 0.05) is 11.6 Å². The Morgan fingerprint density at radius 3 is 2.90 bits per heavy atom. The summed E-state index contributed by atoms with van der Waals surface area (Å²) in [5, 5.41) is 5.35. The Hall–Kier alpha value is -1.99. The van der Waals surface area contributed by atoms with E-state index in [4.69, 9.17) is 5.73 Å². The molecule has 0 aliphatic heterocycles. The summed E-state index contributed by atoms with van der Waals surface area (Å²) in [5.41, 5.74) is 8.09. The van der Waals surface area contributed by atoms with Crippen LogP contribution in [0, 0.1) is 0 Å². The summed E-state index contributed by atoms with van der Waals surface area (Å²) in [6.45, 7) is 4.13. The van der Waals surface area contributed by atoms with Crippen LogP contribution in [0.5, 0.6) is 0 Å². The van der Waals surface area contributed by atoms with Crippen molar-refractivity contribution in [3.63, 3.8) is 0 Å². The number of nitrogens with two attached hydrogens (primary N) is 1. The predicted octanol–water partition coefficient (Wildman–Crippen LogP) is 3.71. The van der Waals surface area contributed by atoms with Gasteiger partial charge in [-0.1, -0.05) is 13.8 Å². The van der Waals surface area contributed by atoms with Gasteiger partial charge < -0.3 is 5.73 Å². The van der Waals surface area contributed by atoms with E-state index in [1.54, 1.807) is 6.20 Å². The second kappa shape index (κ2) is 5.42. The molecule has 0 bridgehead atoms. The summed E-state index contributed by atoms with van der Waals surface area (Å²) < 4.78 is 0.905. The largest absolute Gasteiger partial charge is 0.396 e. The van der Waals surface area contributed by atoms with E-state index in [1.807, 2.05) is 17.5 Å². The van der Waals surface area contributed by atoms with Crippen molar-refractivity contribution in [2.24, 2.45) is 0 Å². The number of fused-ring (bicyclic) bond motifs is 1. The Labute approximate surface area is 129 Å². The van der Waals surface area contributed by atoms with Crippen molar-refractivity contribution < 1.29 is 4.79 Å². The smallest absolute Gasteiger partial charge is 0.269 e. The van der Waals surface area contributed by atoms with Crippen molar-refractivity contribution in [2.75, 3.05) is 11.1 Å². The average Bonchev–Trinajstić information content (AvgIpc) is 3.05. The molecule has 0 saturated heterocycles. The Kier molecular flexibility index (Phi) is 3.60. The summed E-state index contributed by atoms with van der Waals surface area (Å²) in [6, 6.07) is 3.73. The Balaban J connectivity index is 1.88. The monoisotopic (exact) mass is 318 g/mol. The maximum absolute atomic E-state index is 12.3. The molecule has 3 rings (SSSR count). The number of thiophene rings is 1. The zero-order valence-corrected chi connectivity index (χ0v) is 13.2. The number of nitrogens with zero attached hydrogens (tertiary/aromatic N) is 2. The molecule has 0 radical (unpaired) electrons. The molecule has 0 fully saturated rings. The van der Waals surface area contributed by atoms with Gasteiger partial charge in [0.05, 0.1) is 16.1 Å². The van der Waals surface area contributed by atoms with Crippen molar-refractivity contribution in [3.8, 4) is 0 Å². The molecule has 3 aromatic rings. The van der Waals surface area contributed by atoms with E-state index in [9.17, 15) is 4.79 Å². The number of amides is 1. The molecule has 3 heterocycles. The lowest BCUT2D eigenvalue weighted by molar-refractivity contribution is 0.103. The number of hydrogen-bond acceptors (Lipinski definition) is 6. The first-order valence-corrected chi connectivity index (χ1v) is 8.15. The Morgan fingerprint density at radius 1 is 1.43 bits per heavy atom. The standard InChI is InChI=1S/C14H14N4OS2/c1-7(2)8-6-20-14(17-8)18-13(19)12-10(15)11-9(21-12)4-3-5-16-11/h3-7H,15H2,1-2H3,(H,17,18,19). The summed E-state index contributed by atoms with van der Waals surface area (Å²) in [7, 11) is 0. The molecular weight excluding hydrogens is 304 g/mol. The van der Waals surface area contributed by atoms with Crippen LogP contribution in [0.4, 0.5) is 10.8 Å². The highest BCUT2D eigenvalue weighted by Gasteiger charge is 2.18. The maximum atomic E-state index is 12.3. The topological polar surface area (TPSA) is 80.9 Å². The molecule has 0 unspecified atom stereocenters. The maximum Gasteiger partial charge on any atom is 0.269 e. The zero-order chi connectivity index (χ0) is 15.0. The number of nitrogen functional groups attached to an aromatic ring is 1. The lowest BCUT2D eigenvalue weighted by Crippen LogP contribution is -2.12. The van der Waals surface area contributed by atoms with Crippen molar-refractivity contribution in [3.05, 3.63) is 34.3 Å². The highest BCUT2D eigenvalue weighted by molar-refractivity contribution is 7.21. The molecule has 0 spiro atoms. The fourth-order valence-electron chi connectivity index (χ4n) is 1.88. The summed E-state index contributed by atoms with van der Waals surface area (Å²) in [6.07, 6.45) is 1.67. The fourth-order valence-corrected chi connectivity index (χ4v) is 3.72. The van der Waals surface area contributed by atoms with Crippen molar-refractivity contribution in [1.29, 1.82) is 0 Å². The van der Waals surface area contributed by atoms with E-state index in [0.717, 1.165) is 10.4 Å². The molecule has 3 N–H and O–H groups in total. The molecule has 0 aliphatic rings. The molecule has 0 aromatic carbocycles. The number of rotatable bonds is 3. The second-order valence-electron chi connectivity index (χ2n) is 4.88. The molecule has 0 atom stereocenters. The molecule has 3 aromatic heterocycles. The third-order valence-electron chi connectivity index (χ3n) is 3.02. The lowest BCUT2D eigenvalue weighted by atomic mass is 10.2. The number of carbonyl (C=O) groups is 1. The van der Waals surface area contributed by atoms with Gasteiger partial charge in [0.2, 0.25) is 0 Å². The third-order valence-corrected chi connectivity index (χ3v) is 4.96. The predicted molar refractivity (Wildman–Crippen MR) is 88.2 cm³/mol. The van der Waals surface area contributed by atoms with Gasteiger partial charge in [-0.25, -0.2) is 4.98 Å². The first-order valence-electron chi connectivity index (χ1n) is 6.46. The van der Waals surface area contributed by atoms with Crippen LogP contribution < -0.4 is 11.1 Å². The highest BCUT2D eigenvalue weighted by Crippen LogP contribution is 2.32. The number of hydrogen-bond donors (Lipinski definition) is 2. The van der Waals surface area contributed by atoms with Crippen LogP contribution in [-0.4, -0.2) is 15.9 Å². The minimum atomic E-state index is -0.236. The number of thiazole rings is 1. The number of carbonyl (C=O) groups excluding carboxylic acids is 1. The zero-order valence-electron chi connectivity index (χ0n) is 11.6. The van der Waals surface area contributed by atoms with E-state index in [0.29, 0.717) is 27.1 Å². The van der Waals surface area contributed by atoms with Crippen LogP contribution in [-0.2, 0) is 0 Å². The number of anilines is 2. The van der Waals surface area contributed by atoms with Crippen LogP contribution in [0.25, 0.3) is 10.2 Å². The summed E-state index contributed by atoms with van der Waals surface area (Å²) >= 11 is 2.76. The van der Waals surface area contributed by atoms with Crippen LogP contribution in [0.15, 0.2) is 23.7 Å². The first kappa shape index (κ1) is 14.0. The minimum Gasteiger partial charge on any atom is -0.396 e. The third kappa shape index (κ3) is 2.62. The van der Waals surface area contributed by atoms with Gasteiger partial charge in [0.15, 0.2) is 5.13 Å². The van der Waals surface area contributed by atoms with E-state index < -0.39 is 0 Å². The molecule has 108 valence electrons. The van der Waals surface area contributed by atoms with Gasteiger partial charge in [-0.2, -0.15) is 0 Å². The second-order valence-corrected chi connectivity index (χ2v) is 6.79. The van der Waals surface area contributed by atoms with Gasteiger partial charge in [0.25, 0.3) is 5.91 Å². The Morgan fingerprint density at radius 2 is 2.24 bits per heavy atom. The van der Waals surface area contributed by atoms with Crippen LogP contribution >= 0.6 is 22.7 Å². The van der Waals surface area contributed by atoms with Crippen molar-refractivity contribution >= 4 is 49.6 Å². The van der Waals surface area contributed by atoms with E-state index in [-0.39, 0.29) is 5.91 Å². The SMILES string of the molecule is CC(C)c1csc(NC(=O)c2sc3cccnc3c2N)n1. The summed E-state index contributed by atoms with van der Waals surface area (Å²) in [5.74, 6) is 0.102. The van der Waals surface area contributed by atoms with Gasteiger partial charge in [-0.15, -0.1) is 22.7 Å². The highest BCUT2D eigenvalue weighted by atomic mass is 32.1. The minimum absolute atomic E-state index is 0.236. The number of nitrogens with one attached hydrogen (secondary N) is 1. The Bertz CT molecular complexity index is 806. The first-order chi connectivity index (χ1) is 10.1. The number of aromatic nitrogens is 2. The van der Waals surface area contributed by atoms with Gasteiger partial charge in [0.1, 0.15) is 10.4 Å². The van der Waals surface area contributed by atoms with E-state index >= 15 is 0 Å². The fraction of sp³-hybridized carbons (Fsp3) is 0.214. The van der Waals surface area contributed by atoms with Crippen LogP contribution in [0.2, 0.25) is 0 Å². The quantitative estimate of drug-likeness (QED) is 0.771. The lowest BCUT2D eigenvalue weighted by Gasteiger charge is -2.00. The van der Waals surface area contributed by atoms with E-state index in [2.05, 4.69) is 29.1 Å². The molecule has 7 heteroatoms. The number of pyridine rings is 1. The molecular formula is C14H14N4OS2. The average molecular weight is 318 g/mol. The van der Waals surface area contributed by atoms with Crippen LogP contribution in [0.3, 0.4) is 0 Å². The molecule has 0 aliphatic carbocycles. The van der Waals surface area contributed by atoms with Gasteiger partial charge in [-0.05, 0) is 18.1 Å². The summed E-state index contributed by atoms with van der Waals surface area (Å²) in [4.78, 5) is 21.4. The van der Waals surface area contributed by atoms with E-state index in [1.165, 1.54) is 22.7 Å². The molecule has 0 saturated carbocycles. The molecule has 21 heavy (non-hydrogen) atoms. The molecule has 1 amide bonds.